The molecule has 0 aliphatic rings. The number of rotatable bonds is 8. The van der Waals surface area contributed by atoms with Crippen molar-refractivity contribution in [3.63, 3.8) is 0 Å². The Labute approximate surface area is 210 Å². The molecule has 1 N–H and O–H groups in total. The molecule has 5 heteroatoms. The van der Waals surface area contributed by atoms with Crippen LogP contribution in [0.4, 0.5) is 0 Å². The molecule has 0 fully saturated rings. The van der Waals surface area contributed by atoms with Crippen molar-refractivity contribution in [3.05, 3.63) is 120 Å². The van der Waals surface area contributed by atoms with E-state index >= 15 is 0 Å². The summed E-state index contributed by atoms with van der Waals surface area (Å²) in [5, 5.41) is 8.66. The van der Waals surface area contributed by atoms with Crippen molar-refractivity contribution in [1.29, 1.82) is 0 Å². The van der Waals surface area contributed by atoms with Crippen LogP contribution in [0, 0.1) is 0 Å². The summed E-state index contributed by atoms with van der Waals surface area (Å²) in [6.07, 6.45) is 1.85. The van der Waals surface area contributed by atoms with Crippen molar-refractivity contribution in [2.24, 2.45) is 5.10 Å². The Hall–Kier alpha value is -4.64. The lowest BCUT2D eigenvalue weighted by atomic mass is 10.0. The number of benzene rings is 5. The molecule has 0 unspecified atom stereocenters. The quantitative estimate of drug-likeness (QED) is 0.213. The molecule has 0 aliphatic heterocycles. The molecular weight excluding hydrogens is 448 g/mol. The molecule has 0 bridgehead atoms. The van der Waals surface area contributed by atoms with Crippen LogP contribution in [-0.2, 0) is 17.8 Å². The predicted molar refractivity (Wildman–Crippen MR) is 145 cm³/mol. The van der Waals surface area contributed by atoms with E-state index in [1.807, 2.05) is 78.9 Å². The third-order valence-electron chi connectivity index (χ3n) is 6.08. The van der Waals surface area contributed by atoms with Gasteiger partial charge in [0.25, 0.3) is 0 Å². The number of fused-ring (bicyclic) bond motifs is 2. The molecule has 0 aliphatic carbocycles. The molecule has 0 spiro atoms. The molecule has 178 valence electrons. The number of nitrogens with zero attached hydrogens (tertiary/aromatic N) is 1. The molecular formula is C31H26N2O3. The average molecular weight is 475 g/mol. The van der Waals surface area contributed by atoms with E-state index in [-0.39, 0.29) is 12.3 Å². The summed E-state index contributed by atoms with van der Waals surface area (Å²) < 4.78 is 11.6. The van der Waals surface area contributed by atoms with Gasteiger partial charge in [-0.2, -0.15) is 5.10 Å². The maximum atomic E-state index is 12.5. The fourth-order valence-corrected chi connectivity index (χ4v) is 4.30. The fourth-order valence-electron chi connectivity index (χ4n) is 4.30. The number of carbonyl (C=O) groups is 1. The number of hydrogen-bond donors (Lipinski definition) is 1. The van der Waals surface area contributed by atoms with E-state index < -0.39 is 0 Å². The first-order valence-corrected chi connectivity index (χ1v) is 11.8. The Morgan fingerprint density at radius 2 is 1.42 bits per heavy atom. The second-order valence-corrected chi connectivity index (χ2v) is 8.45. The zero-order chi connectivity index (χ0) is 24.7. The van der Waals surface area contributed by atoms with Crippen LogP contribution in [0.5, 0.6) is 11.5 Å². The second-order valence-electron chi connectivity index (χ2n) is 8.45. The lowest BCUT2D eigenvalue weighted by Gasteiger charge is -2.12. The van der Waals surface area contributed by atoms with Crippen LogP contribution in [0.3, 0.4) is 0 Å². The van der Waals surface area contributed by atoms with Crippen LogP contribution < -0.4 is 14.9 Å². The molecule has 0 radical (unpaired) electrons. The zero-order valence-electron chi connectivity index (χ0n) is 20.0. The van der Waals surface area contributed by atoms with Gasteiger partial charge in [0.2, 0.25) is 5.91 Å². The minimum atomic E-state index is -0.176. The highest BCUT2D eigenvalue weighted by molar-refractivity contribution is 5.91. The van der Waals surface area contributed by atoms with Crippen molar-refractivity contribution in [2.45, 2.75) is 13.0 Å². The molecule has 36 heavy (non-hydrogen) atoms. The predicted octanol–water partition coefficient (Wildman–Crippen LogP) is 6.27. The maximum absolute atomic E-state index is 12.5. The topological polar surface area (TPSA) is 59.9 Å². The van der Waals surface area contributed by atoms with Gasteiger partial charge in [-0.3, -0.25) is 4.79 Å². The fraction of sp³-hybridized carbons (Fsp3) is 0.0968. The Balaban J connectivity index is 1.22. The molecule has 5 nitrogen and oxygen atoms in total. The molecule has 0 saturated heterocycles. The number of amides is 1. The van der Waals surface area contributed by atoms with E-state index in [0.29, 0.717) is 18.1 Å². The summed E-state index contributed by atoms with van der Waals surface area (Å²) in [6.45, 7) is 0.426. The molecule has 0 aromatic heterocycles. The summed E-state index contributed by atoms with van der Waals surface area (Å²) in [6, 6.07) is 34.0. The summed E-state index contributed by atoms with van der Waals surface area (Å²) in [5.41, 5.74) is 5.48. The standard InChI is InChI=1S/C31H26N2O3/c1-35-30-18-22(16-17-29(30)36-21-26-13-7-11-24-9-3-5-15-28(24)26)20-32-33-31(34)19-25-12-6-10-23-8-2-4-14-27(23)25/h2-18,20H,19,21H2,1H3,(H,33,34)/b32-20-. The molecule has 5 aromatic carbocycles. The van der Waals surface area contributed by atoms with Gasteiger partial charge in [0, 0.05) is 0 Å². The number of ether oxygens (including phenoxy) is 2. The first-order chi connectivity index (χ1) is 17.7. The minimum Gasteiger partial charge on any atom is -0.493 e. The molecule has 1 amide bonds. The third-order valence-corrected chi connectivity index (χ3v) is 6.08. The first-order valence-electron chi connectivity index (χ1n) is 11.8. The number of hydrazone groups is 1. The van der Waals surface area contributed by atoms with Gasteiger partial charge in [0.1, 0.15) is 6.61 Å². The summed E-state index contributed by atoms with van der Waals surface area (Å²) in [7, 11) is 1.60. The lowest BCUT2D eigenvalue weighted by Crippen LogP contribution is -2.19. The van der Waals surface area contributed by atoms with E-state index in [9.17, 15) is 4.79 Å². The number of nitrogens with one attached hydrogen (secondary N) is 1. The molecule has 0 heterocycles. The van der Waals surface area contributed by atoms with E-state index in [1.54, 1.807) is 13.3 Å². The van der Waals surface area contributed by atoms with Crippen LogP contribution in [0.2, 0.25) is 0 Å². The normalized spacial score (nSPS) is 11.1. The van der Waals surface area contributed by atoms with Gasteiger partial charge >= 0.3 is 0 Å². The van der Waals surface area contributed by atoms with Gasteiger partial charge in [-0.15, -0.1) is 0 Å². The summed E-state index contributed by atoms with van der Waals surface area (Å²) in [5.74, 6) is 1.06. The molecule has 0 saturated carbocycles. The van der Waals surface area contributed by atoms with Crippen LogP contribution in [-0.4, -0.2) is 19.2 Å². The third kappa shape index (κ3) is 5.20. The highest BCUT2D eigenvalue weighted by Crippen LogP contribution is 2.29. The van der Waals surface area contributed by atoms with Crippen LogP contribution in [0.1, 0.15) is 16.7 Å². The summed E-state index contributed by atoms with van der Waals surface area (Å²) in [4.78, 5) is 12.5. The maximum Gasteiger partial charge on any atom is 0.244 e. The second kappa shape index (κ2) is 10.7. The zero-order valence-corrected chi connectivity index (χ0v) is 20.0. The Morgan fingerprint density at radius 3 is 2.14 bits per heavy atom. The number of methoxy groups -OCH3 is 1. The van der Waals surface area contributed by atoms with Gasteiger partial charge in [-0.05, 0) is 56.4 Å². The van der Waals surface area contributed by atoms with Crippen molar-refractivity contribution in [3.8, 4) is 11.5 Å². The van der Waals surface area contributed by atoms with Gasteiger partial charge in [-0.1, -0.05) is 84.9 Å². The van der Waals surface area contributed by atoms with Crippen LogP contribution in [0.25, 0.3) is 21.5 Å². The van der Waals surface area contributed by atoms with E-state index in [1.165, 1.54) is 10.8 Å². The number of carbonyl (C=O) groups excluding carboxylic acids is 1. The summed E-state index contributed by atoms with van der Waals surface area (Å²) >= 11 is 0. The minimum absolute atomic E-state index is 0.176. The molecule has 0 atom stereocenters. The Morgan fingerprint density at radius 1 is 0.778 bits per heavy atom. The van der Waals surface area contributed by atoms with E-state index in [0.717, 1.165) is 27.5 Å². The smallest absolute Gasteiger partial charge is 0.244 e. The Bertz CT molecular complexity index is 1550. The average Bonchev–Trinajstić information content (AvgIpc) is 2.92. The molecule has 5 aromatic rings. The van der Waals surface area contributed by atoms with Gasteiger partial charge in [-0.25, -0.2) is 5.43 Å². The van der Waals surface area contributed by atoms with Crippen LogP contribution >= 0.6 is 0 Å². The number of hydrogen-bond acceptors (Lipinski definition) is 4. The van der Waals surface area contributed by atoms with Crippen molar-refractivity contribution in [1.82, 2.24) is 5.43 Å². The van der Waals surface area contributed by atoms with Gasteiger partial charge in [0.15, 0.2) is 11.5 Å². The SMILES string of the molecule is COc1cc(/C=N\NC(=O)Cc2cccc3ccccc23)ccc1OCc1cccc2ccccc12. The van der Waals surface area contributed by atoms with Gasteiger partial charge < -0.3 is 9.47 Å². The van der Waals surface area contributed by atoms with Crippen molar-refractivity contribution < 1.29 is 14.3 Å². The monoisotopic (exact) mass is 474 g/mol. The van der Waals surface area contributed by atoms with Crippen molar-refractivity contribution >= 4 is 33.7 Å². The van der Waals surface area contributed by atoms with E-state index in [4.69, 9.17) is 9.47 Å². The lowest BCUT2D eigenvalue weighted by molar-refractivity contribution is -0.120. The van der Waals surface area contributed by atoms with Crippen LogP contribution in [0.15, 0.2) is 108 Å². The van der Waals surface area contributed by atoms with E-state index in [2.05, 4.69) is 34.8 Å². The van der Waals surface area contributed by atoms with Crippen molar-refractivity contribution in [2.75, 3.05) is 7.11 Å². The first kappa shape index (κ1) is 23.1. The highest BCUT2D eigenvalue weighted by Gasteiger charge is 2.08. The Kier molecular flexibility index (Phi) is 6.90. The van der Waals surface area contributed by atoms with Gasteiger partial charge in [0.05, 0.1) is 19.7 Å². The highest BCUT2D eigenvalue weighted by atomic mass is 16.5. The molecule has 5 rings (SSSR count). The largest absolute Gasteiger partial charge is 0.493 e.